The highest BCUT2D eigenvalue weighted by atomic mass is 35.5. The standard InChI is InChI=1S/C17H16ClNO2.C7H5NO/c18-14-8-2-1-5-13(14)11-16-19-15-9-3-6-12(7-4-10-20)17(15)21-16;1-2-4-7-6(3-1)8-5-9-7/h1-3,5-6,8-9,20H,4,7,10-11H2;1-5H. The highest BCUT2D eigenvalue weighted by molar-refractivity contribution is 6.31. The normalized spacial score (nSPS) is 10.9. The van der Waals surface area contributed by atoms with Crippen LogP contribution in [0.15, 0.2) is 82.0 Å². The summed E-state index contributed by atoms with van der Waals surface area (Å²) in [6.07, 6.45) is 3.53. The van der Waals surface area contributed by atoms with Crippen LogP contribution in [0.4, 0.5) is 0 Å². The number of halogens is 1. The molecule has 1 N–H and O–H groups in total. The Labute approximate surface area is 178 Å². The van der Waals surface area contributed by atoms with Crippen LogP contribution in [0.1, 0.15) is 23.4 Å². The van der Waals surface area contributed by atoms with Crippen LogP contribution in [0.3, 0.4) is 0 Å². The minimum atomic E-state index is 0.178. The van der Waals surface area contributed by atoms with Crippen molar-refractivity contribution in [3.63, 3.8) is 0 Å². The molecule has 0 aliphatic rings. The first-order valence-corrected chi connectivity index (χ1v) is 10.1. The van der Waals surface area contributed by atoms with E-state index in [0.717, 1.165) is 51.2 Å². The Kier molecular flexibility index (Phi) is 6.42. The van der Waals surface area contributed by atoms with Crippen molar-refractivity contribution in [3.8, 4) is 0 Å². The Morgan fingerprint density at radius 3 is 2.47 bits per heavy atom. The summed E-state index contributed by atoms with van der Waals surface area (Å²) in [5.41, 5.74) is 5.51. The van der Waals surface area contributed by atoms with Gasteiger partial charge in [0.15, 0.2) is 23.5 Å². The SMILES string of the molecule is OCCCc1cccc2nc(Cc3ccccc3Cl)oc12.c1ccc2ocnc2c1. The number of aliphatic hydroxyl groups is 1. The predicted octanol–water partition coefficient (Wildman–Crippen LogP) is 5.82. The van der Waals surface area contributed by atoms with Crippen molar-refractivity contribution in [2.24, 2.45) is 0 Å². The summed E-state index contributed by atoms with van der Waals surface area (Å²) < 4.78 is 10.9. The minimum Gasteiger partial charge on any atom is -0.443 e. The molecule has 0 saturated heterocycles. The molecule has 5 rings (SSSR count). The number of rotatable bonds is 5. The number of fused-ring (bicyclic) bond motifs is 2. The van der Waals surface area contributed by atoms with Gasteiger partial charge in [0.25, 0.3) is 0 Å². The van der Waals surface area contributed by atoms with E-state index in [1.165, 1.54) is 6.39 Å². The fraction of sp³-hybridized carbons (Fsp3) is 0.167. The van der Waals surface area contributed by atoms with Gasteiger partial charge in [-0.15, -0.1) is 0 Å². The van der Waals surface area contributed by atoms with Crippen LogP contribution in [-0.2, 0) is 12.8 Å². The number of aromatic nitrogens is 2. The zero-order valence-corrected chi connectivity index (χ0v) is 17.0. The lowest BCUT2D eigenvalue weighted by atomic mass is 10.1. The molecule has 0 aliphatic heterocycles. The van der Waals surface area contributed by atoms with E-state index in [4.69, 9.17) is 25.5 Å². The summed E-state index contributed by atoms with van der Waals surface area (Å²) in [5, 5.41) is 9.69. The smallest absolute Gasteiger partial charge is 0.199 e. The largest absolute Gasteiger partial charge is 0.443 e. The lowest BCUT2D eigenvalue weighted by Crippen LogP contribution is -1.89. The second-order valence-electron chi connectivity index (χ2n) is 6.79. The van der Waals surface area contributed by atoms with Gasteiger partial charge in [-0.3, -0.25) is 0 Å². The van der Waals surface area contributed by atoms with Crippen molar-refractivity contribution in [2.75, 3.05) is 6.61 Å². The molecule has 5 nitrogen and oxygen atoms in total. The highest BCUT2D eigenvalue weighted by Crippen LogP contribution is 2.24. The number of para-hydroxylation sites is 3. The van der Waals surface area contributed by atoms with Gasteiger partial charge in [-0.2, -0.15) is 0 Å². The Balaban J connectivity index is 0.000000200. The van der Waals surface area contributed by atoms with Gasteiger partial charge in [0.2, 0.25) is 0 Å². The first-order valence-electron chi connectivity index (χ1n) is 9.74. The van der Waals surface area contributed by atoms with Gasteiger partial charge in [-0.25, -0.2) is 9.97 Å². The number of oxazole rings is 2. The lowest BCUT2D eigenvalue weighted by molar-refractivity contribution is 0.288. The van der Waals surface area contributed by atoms with Crippen molar-refractivity contribution in [3.05, 3.63) is 95.2 Å². The third-order valence-electron chi connectivity index (χ3n) is 4.68. The molecule has 0 aliphatic carbocycles. The fourth-order valence-corrected chi connectivity index (χ4v) is 3.40. The number of aliphatic hydroxyl groups excluding tert-OH is 1. The first kappa shape index (κ1) is 20.1. The van der Waals surface area contributed by atoms with Crippen LogP contribution in [0.2, 0.25) is 5.02 Å². The topological polar surface area (TPSA) is 72.3 Å². The predicted molar refractivity (Wildman–Crippen MR) is 118 cm³/mol. The van der Waals surface area contributed by atoms with E-state index < -0.39 is 0 Å². The number of nitrogens with zero attached hydrogens (tertiary/aromatic N) is 2. The van der Waals surface area contributed by atoms with E-state index >= 15 is 0 Å². The summed E-state index contributed by atoms with van der Waals surface area (Å²) in [5.74, 6) is 0.662. The van der Waals surface area contributed by atoms with Crippen LogP contribution in [-0.4, -0.2) is 21.7 Å². The molecule has 30 heavy (non-hydrogen) atoms. The summed E-state index contributed by atoms with van der Waals surface area (Å²) in [4.78, 5) is 8.48. The van der Waals surface area contributed by atoms with Crippen LogP contribution >= 0.6 is 11.6 Å². The van der Waals surface area contributed by atoms with E-state index in [0.29, 0.717) is 12.3 Å². The maximum Gasteiger partial charge on any atom is 0.199 e. The Morgan fingerprint density at radius 1 is 0.867 bits per heavy atom. The Morgan fingerprint density at radius 2 is 1.63 bits per heavy atom. The Hall–Kier alpha value is -3.15. The highest BCUT2D eigenvalue weighted by Gasteiger charge is 2.11. The van der Waals surface area contributed by atoms with Gasteiger partial charge >= 0.3 is 0 Å². The van der Waals surface area contributed by atoms with E-state index in [2.05, 4.69) is 9.97 Å². The van der Waals surface area contributed by atoms with Crippen LogP contribution in [0.25, 0.3) is 22.2 Å². The number of hydrogen-bond acceptors (Lipinski definition) is 5. The van der Waals surface area contributed by atoms with Crippen LogP contribution in [0.5, 0.6) is 0 Å². The first-order chi connectivity index (χ1) is 14.7. The third kappa shape index (κ3) is 4.70. The van der Waals surface area contributed by atoms with Gasteiger partial charge in [0.05, 0.1) is 6.42 Å². The summed E-state index contributed by atoms with van der Waals surface area (Å²) >= 11 is 6.18. The van der Waals surface area contributed by atoms with Crippen molar-refractivity contribution >= 4 is 33.8 Å². The average molecular weight is 421 g/mol. The molecule has 0 saturated carbocycles. The third-order valence-corrected chi connectivity index (χ3v) is 5.05. The summed E-state index contributed by atoms with van der Waals surface area (Å²) in [6, 6.07) is 21.3. The van der Waals surface area contributed by atoms with E-state index in [9.17, 15) is 0 Å². The molecule has 0 spiro atoms. The van der Waals surface area contributed by atoms with Crippen LogP contribution in [0, 0.1) is 0 Å². The van der Waals surface area contributed by atoms with Gasteiger partial charge in [0.1, 0.15) is 11.0 Å². The molecule has 3 aromatic carbocycles. The number of benzene rings is 3. The zero-order valence-electron chi connectivity index (χ0n) is 16.3. The van der Waals surface area contributed by atoms with E-state index in [1.54, 1.807) is 0 Å². The number of aryl methyl sites for hydroxylation is 1. The second kappa shape index (κ2) is 9.57. The van der Waals surface area contributed by atoms with Crippen molar-refractivity contribution in [1.29, 1.82) is 0 Å². The van der Waals surface area contributed by atoms with Gasteiger partial charge in [-0.05, 0) is 48.2 Å². The molecule has 2 heterocycles. The molecule has 0 bridgehead atoms. The molecule has 0 fully saturated rings. The Bertz CT molecular complexity index is 1220. The van der Waals surface area contributed by atoms with Gasteiger partial charge in [0, 0.05) is 11.6 Å². The maximum absolute atomic E-state index is 8.97. The van der Waals surface area contributed by atoms with Gasteiger partial charge < -0.3 is 13.9 Å². The second-order valence-corrected chi connectivity index (χ2v) is 7.20. The fourth-order valence-electron chi connectivity index (χ4n) is 3.20. The zero-order chi connectivity index (χ0) is 20.8. The van der Waals surface area contributed by atoms with Crippen molar-refractivity contribution < 1.29 is 13.9 Å². The molecular weight excluding hydrogens is 400 g/mol. The molecule has 0 atom stereocenters. The van der Waals surface area contributed by atoms with E-state index in [1.807, 2.05) is 66.7 Å². The summed E-state index contributed by atoms with van der Waals surface area (Å²) in [6.45, 7) is 0.178. The molecule has 0 radical (unpaired) electrons. The quantitative estimate of drug-likeness (QED) is 0.387. The molecule has 0 amide bonds. The molecular formula is C24H21ClN2O3. The average Bonchev–Trinajstić information content (AvgIpc) is 3.41. The number of hydrogen-bond donors (Lipinski definition) is 1. The lowest BCUT2D eigenvalue weighted by Gasteiger charge is -2.00. The molecule has 5 aromatic rings. The van der Waals surface area contributed by atoms with Gasteiger partial charge in [-0.1, -0.05) is 54.1 Å². The van der Waals surface area contributed by atoms with Crippen molar-refractivity contribution in [1.82, 2.24) is 9.97 Å². The molecule has 2 aromatic heterocycles. The van der Waals surface area contributed by atoms with E-state index in [-0.39, 0.29) is 6.61 Å². The maximum atomic E-state index is 8.97. The summed E-state index contributed by atoms with van der Waals surface area (Å²) in [7, 11) is 0. The van der Waals surface area contributed by atoms with Crippen molar-refractivity contribution in [2.45, 2.75) is 19.3 Å². The molecule has 152 valence electrons. The molecule has 0 unspecified atom stereocenters. The minimum absolute atomic E-state index is 0.178. The monoisotopic (exact) mass is 420 g/mol. The van der Waals surface area contributed by atoms with Crippen LogP contribution < -0.4 is 0 Å². The molecule has 6 heteroatoms.